The van der Waals surface area contributed by atoms with Gasteiger partial charge in [0, 0.05) is 18.4 Å². The first kappa shape index (κ1) is 27.9. The molecule has 9 heteroatoms. The number of aliphatic hydroxyl groups is 4. The lowest BCUT2D eigenvalue weighted by Gasteiger charge is -2.39. The van der Waals surface area contributed by atoms with Crippen molar-refractivity contribution < 1.29 is 44.2 Å². The molecule has 0 unspecified atom stereocenters. The average Bonchev–Trinajstić information content (AvgIpc) is 2.88. The number of rotatable bonds is 12. The van der Waals surface area contributed by atoms with E-state index in [-0.39, 0.29) is 12.4 Å². The molecule has 0 aromatic heterocycles. The van der Waals surface area contributed by atoms with E-state index >= 15 is 0 Å². The first-order valence-electron chi connectivity index (χ1n) is 12.3. The van der Waals surface area contributed by atoms with Gasteiger partial charge in [-0.25, -0.2) is 0 Å². The van der Waals surface area contributed by atoms with E-state index in [1.54, 1.807) is 19.1 Å². The molecule has 198 valence electrons. The normalized spacial score (nSPS) is 23.8. The van der Waals surface area contributed by atoms with Gasteiger partial charge in [-0.15, -0.1) is 0 Å². The van der Waals surface area contributed by atoms with E-state index in [2.05, 4.69) is 19.1 Å². The molecule has 2 aromatic rings. The fraction of sp³-hybridized carbons (Fsp3) is 0.519. The number of hydrogen-bond acceptors (Lipinski definition) is 9. The van der Waals surface area contributed by atoms with E-state index in [4.69, 9.17) is 18.9 Å². The van der Waals surface area contributed by atoms with Crippen LogP contribution in [0.5, 0.6) is 11.5 Å². The molecule has 0 amide bonds. The molecule has 1 saturated heterocycles. The standard InChI is InChI=1S/C27H36O9/c1-3-17-7-9-18(10-8-17)14-19-15-20(34-13-5-6-23(29)33-4-2)11-12-21(19)35-27-26(32)25(31)24(30)22(16-28)36-27/h7-12,15,22,24-28,30-32H,3-6,13-14,16H2,1-2H3/t22-,24-,25+,26-,27+/m1/s1. The molecule has 0 aliphatic carbocycles. The van der Waals surface area contributed by atoms with Crippen LogP contribution in [0.1, 0.15) is 43.4 Å². The molecule has 0 radical (unpaired) electrons. The lowest BCUT2D eigenvalue weighted by molar-refractivity contribution is -0.277. The Labute approximate surface area is 211 Å². The average molecular weight is 505 g/mol. The van der Waals surface area contributed by atoms with E-state index in [1.165, 1.54) is 5.56 Å². The second-order valence-electron chi connectivity index (χ2n) is 8.69. The summed E-state index contributed by atoms with van der Waals surface area (Å²) in [4.78, 5) is 11.5. The van der Waals surface area contributed by atoms with Gasteiger partial charge in [-0.05, 0) is 49.1 Å². The second-order valence-corrected chi connectivity index (χ2v) is 8.69. The fourth-order valence-corrected chi connectivity index (χ4v) is 3.94. The summed E-state index contributed by atoms with van der Waals surface area (Å²) in [7, 11) is 0. The molecule has 0 saturated carbocycles. The highest BCUT2D eigenvalue weighted by molar-refractivity contribution is 5.69. The van der Waals surface area contributed by atoms with Crippen molar-refractivity contribution in [2.75, 3.05) is 19.8 Å². The molecular formula is C27H36O9. The Balaban J connectivity index is 1.77. The van der Waals surface area contributed by atoms with E-state index in [1.807, 2.05) is 18.2 Å². The molecule has 1 aliphatic heterocycles. The predicted molar refractivity (Wildman–Crippen MR) is 131 cm³/mol. The van der Waals surface area contributed by atoms with Crippen molar-refractivity contribution in [1.82, 2.24) is 0 Å². The Morgan fingerprint density at radius 3 is 2.36 bits per heavy atom. The number of carbonyl (C=O) groups is 1. The van der Waals surface area contributed by atoms with Crippen LogP contribution >= 0.6 is 0 Å². The van der Waals surface area contributed by atoms with Crippen molar-refractivity contribution in [2.24, 2.45) is 0 Å². The molecule has 1 heterocycles. The largest absolute Gasteiger partial charge is 0.494 e. The first-order chi connectivity index (χ1) is 17.4. The van der Waals surface area contributed by atoms with E-state index in [0.717, 1.165) is 17.5 Å². The number of esters is 1. The third kappa shape index (κ3) is 7.41. The van der Waals surface area contributed by atoms with Crippen LogP contribution in [0.3, 0.4) is 0 Å². The van der Waals surface area contributed by atoms with E-state index in [0.29, 0.717) is 37.6 Å². The van der Waals surface area contributed by atoms with Crippen LogP contribution in [0, 0.1) is 0 Å². The van der Waals surface area contributed by atoms with E-state index in [9.17, 15) is 25.2 Å². The van der Waals surface area contributed by atoms with Crippen LogP contribution < -0.4 is 9.47 Å². The minimum atomic E-state index is -1.53. The minimum Gasteiger partial charge on any atom is -0.494 e. The summed E-state index contributed by atoms with van der Waals surface area (Å²) in [6.45, 7) is 3.98. The number of benzene rings is 2. The Morgan fingerprint density at radius 2 is 1.69 bits per heavy atom. The zero-order valence-corrected chi connectivity index (χ0v) is 20.7. The van der Waals surface area contributed by atoms with Crippen molar-refractivity contribution in [1.29, 1.82) is 0 Å². The maximum Gasteiger partial charge on any atom is 0.305 e. The number of carbonyl (C=O) groups excluding carboxylic acids is 1. The van der Waals surface area contributed by atoms with Gasteiger partial charge in [0.1, 0.15) is 35.9 Å². The third-order valence-corrected chi connectivity index (χ3v) is 6.05. The van der Waals surface area contributed by atoms with E-state index < -0.39 is 37.3 Å². The van der Waals surface area contributed by atoms with Crippen molar-refractivity contribution in [3.05, 3.63) is 59.2 Å². The van der Waals surface area contributed by atoms with Crippen LogP contribution in [-0.4, -0.2) is 76.9 Å². The Hall–Kier alpha value is -2.69. The Kier molecular flexibility index (Phi) is 10.5. The fourth-order valence-electron chi connectivity index (χ4n) is 3.94. The maximum absolute atomic E-state index is 11.5. The maximum atomic E-state index is 11.5. The van der Waals surface area contributed by atoms with Crippen LogP contribution in [0.2, 0.25) is 0 Å². The molecule has 0 spiro atoms. The Morgan fingerprint density at radius 1 is 0.972 bits per heavy atom. The zero-order chi connectivity index (χ0) is 26.1. The van der Waals surface area contributed by atoms with Crippen LogP contribution in [-0.2, 0) is 27.1 Å². The summed E-state index contributed by atoms with van der Waals surface area (Å²) in [6, 6.07) is 13.4. The number of hydrogen-bond donors (Lipinski definition) is 4. The summed E-state index contributed by atoms with van der Waals surface area (Å²) in [5.41, 5.74) is 3.00. The summed E-state index contributed by atoms with van der Waals surface area (Å²) < 4.78 is 22.2. The highest BCUT2D eigenvalue weighted by atomic mass is 16.7. The van der Waals surface area contributed by atoms with Gasteiger partial charge in [0.25, 0.3) is 0 Å². The van der Waals surface area contributed by atoms with Gasteiger partial charge in [-0.2, -0.15) is 0 Å². The molecule has 2 aromatic carbocycles. The molecule has 1 aliphatic rings. The van der Waals surface area contributed by atoms with Gasteiger partial charge < -0.3 is 39.4 Å². The molecule has 36 heavy (non-hydrogen) atoms. The minimum absolute atomic E-state index is 0.263. The van der Waals surface area contributed by atoms with Gasteiger partial charge in [0.15, 0.2) is 0 Å². The molecular weight excluding hydrogens is 468 g/mol. The van der Waals surface area contributed by atoms with Gasteiger partial charge >= 0.3 is 5.97 Å². The lowest BCUT2D eigenvalue weighted by Crippen LogP contribution is -2.60. The molecule has 9 nitrogen and oxygen atoms in total. The number of aliphatic hydroxyl groups excluding tert-OH is 4. The van der Waals surface area contributed by atoms with Crippen LogP contribution in [0.25, 0.3) is 0 Å². The van der Waals surface area contributed by atoms with Crippen LogP contribution in [0.15, 0.2) is 42.5 Å². The Bertz CT molecular complexity index is 960. The number of aryl methyl sites for hydroxylation is 1. The van der Waals surface area contributed by atoms with Crippen molar-refractivity contribution >= 4 is 5.97 Å². The molecule has 0 bridgehead atoms. The molecule has 3 rings (SSSR count). The third-order valence-electron chi connectivity index (χ3n) is 6.05. The van der Waals surface area contributed by atoms with Crippen LogP contribution in [0.4, 0.5) is 0 Å². The predicted octanol–water partition coefficient (Wildman–Crippen LogP) is 1.74. The lowest BCUT2D eigenvalue weighted by atomic mass is 9.99. The highest BCUT2D eigenvalue weighted by Crippen LogP contribution is 2.31. The second kappa shape index (κ2) is 13.6. The topological polar surface area (TPSA) is 135 Å². The van der Waals surface area contributed by atoms with Crippen molar-refractivity contribution in [2.45, 2.75) is 70.2 Å². The summed E-state index contributed by atoms with van der Waals surface area (Å²) in [5, 5.41) is 40.0. The summed E-state index contributed by atoms with van der Waals surface area (Å²) in [6.07, 6.45) is -4.67. The zero-order valence-electron chi connectivity index (χ0n) is 20.7. The van der Waals surface area contributed by atoms with Crippen molar-refractivity contribution in [3.63, 3.8) is 0 Å². The SMILES string of the molecule is CCOC(=O)CCCOc1ccc(O[C@H]2O[C@H](CO)[C@@H](O)[C@H](O)[C@H]2O)c(Cc2ccc(CC)cc2)c1. The monoisotopic (exact) mass is 504 g/mol. The highest BCUT2D eigenvalue weighted by Gasteiger charge is 2.44. The summed E-state index contributed by atoms with van der Waals surface area (Å²) >= 11 is 0. The van der Waals surface area contributed by atoms with Gasteiger partial charge in [-0.1, -0.05) is 31.2 Å². The smallest absolute Gasteiger partial charge is 0.305 e. The van der Waals surface area contributed by atoms with Gasteiger partial charge in [0.2, 0.25) is 6.29 Å². The van der Waals surface area contributed by atoms with Gasteiger partial charge in [0.05, 0.1) is 19.8 Å². The molecule has 1 fully saturated rings. The molecule has 4 N–H and O–H groups in total. The van der Waals surface area contributed by atoms with Gasteiger partial charge in [-0.3, -0.25) is 4.79 Å². The first-order valence-corrected chi connectivity index (χ1v) is 12.3. The number of ether oxygens (including phenoxy) is 4. The summed E-state index contributed by atoms with van der Waals surface area (Å²) in [5.74, 6) is 0.721. The van der Waals surface area contributed by atoms with Crippen molar-refractivity contribution in [3.8, 4) is 11.5 Å². The quantitative estimate of drug-likeness (QED) is 0.252. The molecule has 5 atom stereocenters.